The standard InChI is InChI=1S/C17H22N2O3/c1-11-8-15(20)22-17-12(2)16(21)13(9-14(11)17)10-19-6-4-18(3)5-7-19/h8-9,21H,4-7,10H2,1-3H3. The number of benzene rings is 1. The summed E-state index contributed by atoms with van der Waals surface area (Å²) in [6, 6.07) is 3.40. The lowest BCUT2D eigenvalue weighted by Gasteiger charge is -2.31. The van der Waals surface area contributed by atoms with Crippen molar-refractivity contribution in [2.24, 2.45) is 0 Å². The fourth-order valence-electron chi connectivity index (χ4n) is 3.17. The Morgan fingerprint density at radius 2 is 1.95 bits per heavy atom. The van der Waals surface area contributed by atoms with Crippen molar-refractivity contribution in [3.8, 4) is 5.75 Å². The molecule has 5 heteroatoms. The first-order valence-electron chi connectivity index (χ1n) is 7.72. The zero-order chi connectivity index (χ0) is 15.9. The fourth-order valence-corrected chi connectivity index (χ4v) is 3.17. The maximum Gasteiger partial charge on any atom is 0.336 e. The van der Waals surface area contributed by atoms with Gasteiger partial charge in [0.15, 0.2) is 0 Å². The van der Waals surface area contributed by atoms with Crippen LogP contribution >= 0.6 is 0 Å². The molecule has 0 atom stereocenters. The Morgan fingerprint density at radius 1 is 1.27 bits per heavy atom. The Balaban J connectivity index is 2.00. The van der Waals surface area contributed by atoms with Crippen LogP contribution in [0.2, 0.25) is 0 Å². The first-order chi connectivity index (χ1) is 10.5. The van der Waals surface area contributed by atoms with Crippen LogP contribution in [0.5, 0.6) is 5.75 Å². The number of nitrogens with one attached hydrogen (secondary N) is 1. The van der Waals surface area contributed by atoms with Crippen molar-refractivity contribution in [1.29, 1.82) is 0 Å². The molecule has 1 aromatic heterocycles. The van der Waals surface area contributed by atoms with Crippen LogP contribution in [-0.2, 0) is 6.54 Å². The molecule has 2 heterocycles. The second kappa shape index (κ2) is 5.74. The molecule has 1 aliphatic rings. The van der Waals surface area contributed by atoms with E-state index in [1.807, 2.05) is 13.0 Å². The van der Waals surface area contributed by atoms with Crippen molar-refractivity contribution in [2.45, 2.75) is 20.4 Å². The lowest BCUT2D eigenvalue weighted by molar-refractivity contribution is -0.918. The molecule has 0 unspecified atom stereocenters. The molecule has 118 valence electrons. The topological polar surface area (TPSA) is 60.9 Å². The minimum atomic E-state index is -0.398. The van der Waals surface area contributed by atoms with Crippen LogP contribution in [0, 0.1) is 13.8 Å². The van der Waals surface area contributed by atoms with E-state index < -0.39 is 5.63 Å². The molecule has 0 spiro atoms. The van der Waals surface area contributed by atoms with E-state index in [4.69, 9.17) is 4.42 Å². The van der Waals surface area contributed by atoms with Crippen LogP contribution in [0.25, 0.3) is 11.0 Å². The van der Waals surface area contributed by atoms with Crippen LogP contribution in [0.4, 0.5) is 0 Å². The van der Waals surface area contributed by atoms with Crippen molar-refractivity contribution < 1.29 is 14.4 Å². The van der Waals surface area contributed by atoms with Crippen LogP contribution in [0.3, 0.4) is 0 Å². The van der Waals surface area contributed by atoms with Gasteiger partial charge in [0.1, 0.15) is 12.1 Å². The highest BCUT2D eigenvalue weighted by Gasteiger charge is 2.19. The highest BCUT2D eigenvalue weighted by molar-refractivity contribution is 5.85. The molecule has 1 saturated heterocycles. The third-order valence-corrected chi connectivity index (χ3v) is 4.63. The summed E-state index contributed by atoms with van der Waals surface area (Å²) < 4.78 is 5.24. The molecule has 0 amide bonds. The Labute approximate surface area is 129 Å². The molecule has 0 aliphatic carbocycles. The molecule has 1 N–H and O–H groups in total. The summed E-state index contributed by atoms with van der Waals surface area (Å²) in [6.07, 6.45) is 0. The Morgan fingerprint density at radius 3 is 2.64 bits per heavy atom. The average Bonchev–Trinajstić information content (AvgIpc) is 2.48. The van der Waals surface area contributed by atoms with Crippen molar-refractivity contribution in [2.75, 3.05) is 33.2 Å². The smallest absolute Gasteiger partial charge is 0.336 e. The number of rotatable bonds is 2. The summed E-state index contributed by atoms with van der Waals surface area (Å²) in [7, 11) is 2.13. The number of piperazine rings is 1. The highest BCUT2D eigenvalue weighted by atomic mass is 16.4. The quantitative estimate of drug-likeness (QED) is 0.782. The Hall–Kier alpha value is -1.85. The number of hydrogen-bond donors (Lipinski definition) is 1. The van der Waals surface area contributed by atoms with Gasteiger partial charge in [0, 0.05) is 24.5 Å². The van der Waals surface area contributed by atoms with Gasteiger partial charge in [0.25, 0.3) is 0 Å². The van der Waals surface area contributed by atoms with Gasteiger partial charge < -0.3 is 14.4 Å². The number of nitrogens with zero attached hydrogens (tertiary/aromatic N) is 1. The molecule has 0 bridgehead atoms. The number of likely N-dealkylation sites (N-methyl/N-ethyl adjacent to an activating group) is 1. The van der Waals surface area contributed by atoms with Gasteiger partial charge in [-0.3, -0.25) is 4.90 Å². The Kier molecular flexibility index (Phi) is 3.93. The van der Waals surface area contributed by atoms with Gasteiger partial charge in [-0.15, -0.1) is 0 Å². The third-order valence-electron chi connectivity index (χ3n) is 4.63. The van der Waals surface area contributed by atoms with Gasteiger partial charge >= 0.3 is 5.63 Å². The Bertz CT molecular complexity index is 759. The van der Waals surface area contributed by atoms with E-state index in [9.17, 15) is 9.90 Å². The normalized spacial score (nSPS) is 17.2. The van der Waals surface area contributed by atoms with E-state index >= 15 is 0 Å². The van der Waals surface area contributed by atoms with Crippen molar-refractivity contribution in [3.05, 3.63) is 39.2 Å². The number of fused-ring (bicyclic) bond motifs is 1. The maximum absolute atomic E-state index is 12.6. The van der Waals surface area contributed by atoms with E-state index in [1.165, 1.54) is 11.0 Å². The van der Waals surface area contributed by atoms with E-state index in [-0.39, 0.29) is 5.75 Å². The predicted octanol–water partition coefficient (Wildman–Crippen LogP) is -0.186. The van der Waals surface area contributed by atoms with Crippen LogP contribution in [-0.4, -0.2) is 38.1 Å². The first kappa shape index (κ1) is 15.1. The zero-order valence-corrected chi connectivity index (χ0v) is 13.4. The highest BCUT2D eigenvalue weighted by Crippen LogP contribution is 2.29. The average molecular weight is 302 g/mol. The maximum atomic E-state index is 12.6. The SMILES string of the molecule is Cc1cc(=O)oc2c(C)c([O-])c(C[NH+]3CCN(C)CC3)cc12. The lowest BCUT2D eigenvalue weighted by Crippen LogP contribution is -3.13. The van der Waals surface area contributed by atoms with Crippen molar-refractivity contribution in [3.63, 3.8) is 0 Å². The molecule has 5 nitrogen and oxygen atoms in total. The summed E-state index contributed by atoms with van der Waals surface area (Å²) in [4.78, 5) is 15.3. The van der Waals surface area contributed by atoms with Crippen molar-refractivity contribution >= 4 is 11.0 Å². The molecular formula is C17H22N2O3. The molecule has 1 aliphatic heterocycles. The number of quaternary nitrogens is 1. The second-order valence-corrected chi connectivity index (χ2v) is 6.34. The van der Waals surface area contributed by atoms with Crippen LogP contribution < -0.4 is 15.6 Å². The third kappa shape index (κ3) is 2.74. The lowest BCUT2D eigenvalue weighted by atomic mass is 10.0. The van der Waals surface area contributed by atoms with Gasteiger partial charge in [-0.05, 0) is 43.7 Å². The zero-order valence-electron chi connectivity index (χ0n) is 13.4. The monoisotopic (exact) mass is 302 g/mol. The summed E-state index contributed by atoms with van der Waals surface area (Å²) in [5.74, 6) is 0.00711. The van der Waals surface area contributed by atoms with E-state index in [0.29, 0.717) is 11.1 Å². The number of aryl methyl sites for hydroxylation is 2. The number of hydrogen-bond acceptors (Lipinski definition) is 4. The summed E-state index contributed by atoms with van der Waals surface area (Å²) in [6.45, 7) is 8.59. The molecular weight excluding hydrogens is 280 g/mol. The summed E-state index contributed by atoms with van der Waals surface area (Å²) in [5, 5.41) is 13.4. The summed E-state index contributed by atoms with van der Waals surface area (Å²) in [5.41, 5.74) is 2.27. The van der Waals surface area contributed by atoms with E-state index in [2.05, 4.69) is 11.9 Å². The molecule has 0 saturated carbocycles. The predicted molar refractivity (Wildman–Crippen MR) is 83.3 cm³/mol. The van der Waals surface area contributed by atoms with Gasteiger partial charge in [-0.1, -0.05) is 5.75 Å². The largest absolute Gasteiger partial charge is 0.872 e. The van der Waals surface area contributed by atoms with Crippen molar-refractivity contribution in [1.82, 2.24) is 4.90 Å². The van der Waals surface area contributed by atoms with Crippen LogP contribution in [0.15, 0.2) is 21.3 Å². The van der Waals surface area contributed by atoms with Gasteiger partial charge in [-0.2, -0.15) is 0 Å². The van der Waals surface area contributed by atoms with Gasteiger partial charge in [0.05, 0.1) is 13.1 Å². The molecule has 3 rings (SSSR count). The molecule has 22 heavy (non-hydrogen) atoms. The van der Waals surface area contributed by atoms with Crippen LogP contribution in [0.1, 0.15) is 16.7 Å². The van der Waals surface area contributed by atoms with Gasteiger partial charge in [-0.25, -0.2) is 4.79 Å². The first-order valence-corrected chi connectivity index (χ1v) is 7.72. The molecule has 0 radical (unpaired) electrons. The minimum absolute atomic E-state index is 0.00711. The fraction of sp³-hybridized carbons (Fsp3) is 0.471. The molecule has 1 aromatic carbocycles. The van der Waals surface area contributed by atoms with E-state index in [0.717, 1.165) is 49.2 Å². The van der Waals surface area contributed by atoms with Gasteiger partial charge in [0.2, 0.25) is 0 Å². The molecule has 1 fully saturated rings. The minimum Gasteiger partial charge on any atom is -0.872 e. The molecule has 2 aromatic rings. The second-order valence-electron chi connectivity index (χ2n) is 6.34. The summed E-state index contributed by atoms with van der Waals surface area (Å²) >= 11 is 0. The van der Waals surface area contributed by atoms with E-state index in [1.54, 1.807) is 6.92 Å².